The van der Waals surface area contributed by atoms with Crippen molar-refractivity contribution in [1.82, 2.24) is 10.3 Å². The molecule has 0 spiro atoms. The molecule has 3 nitrogen and oxygen atoms in total. The molecule has 0 unspecified atom stereocenters. The van der Waals surface area contributed by atoms with Crippen molar-refractivity contribution in [1.29, 1.82) is 0 Å². The van der Waals surface area contributed by atoms with Crippen molar-refractivity contribution < 1.29 is 4.79 Å². The minimum Gasteiger partial charge on any atom is -0.352 e. The third-order valence-corrected chi connectivity index (χ3v) is 3.51. The smallest absolute Gasteiger partial charge is 0.182 e. The van der Waals surface area contributed by atoms with Crippen LogP contribution in [0.5, 0.6) is 0 Å². The van der Waals surface area contributed by atoms with Gasteiger partial charge in [0.2, 0.25) is 0 Å². The summed E-state index contributed by atoms with van der Waals surface area (Å²) in [6.45, 7) is 1.91. The molecule has 3 rings (SSSR count). The molecule has 17 heavy (non-hydrogen) atoms. The average molecular weight is 228 g/mol. The lowest BCUT2D eigenvalue weighted by atomic mass is 9.92. The maximum absolute atomic E-state index is 12.3. The fourth-order valence-electron chi connectivity index (χ4n) is 2.51. The van der Waals surface area contributed by atoms with Gasteiger partial charge in [-0.15, -0.1) is 0 Å². The SMILES string of the molecule is O=C(c1cc2ccccc2[nH]1)C1CCNCC1. The van der Waals surface area contributed by atoms with E-state index in [9.17, 15) is 4.79 Å². The van der Waals surface area contributed by atoms with Crippen LogP contribution in [0.3, 0.4) is 0 Å². The fraction of sp³-hybridized carbons (Fsp3) is 0.357. The van der Waals surface area contributed by atoms with Crippen molar-refractivity contribution in [2.45, 2.75) is 12.8 Å². The standard InChI is InChI=1S/C14H16N2O/c17-14(10-5-7-15-8-6-10)13-9-11-3-1-2-4-12(11)16-13/h1-4,9-10,15-16H,5-8H2. The predicted octanol–water partition coefficient (Wildman–Crippen LogP) is 2.35. The van der Waals surface area contributed by atoms with Crippen molar-refractivity contribution in [2.75, 3.05) is 13.1 Å². The van der Waals surface area contributed by atoms with Gasteiger partial charge >= 0.3 is 0 Å². The molecular formula is C14H16N2O. The highest BCUT2D eigenvalue weighted by Gasteiger charge is 2.23. The van der Waals surface area contributed by atoms with E-state index in [1.165, 1.54) is 0 Å². The number of para-hydroxylation sites is 1. The molecule has 1 saturated heterocycles. The molecule has 1 aliphatic rings. The van der Waals surface area contributed by atoms with Crippen LogP contribution < -0.4 is 5.32 Å². The van der Waals surface area contributed by atoms with E-state index >= 15 is 0 Å². The van der Waals surface area contributed by atoms with E-state index in [1.807, 2.05) is 30.3 Å². The fourth-order valence-corrected chi connectivity index (χ4v) is 2.51. The molecule has 2 N–H and O–H groups in total. The Labute approximate surface area is 100 Å². The molecule has 1 aromatic carbocycles. The van der Waals surface area contributed by atoms with Crippen LogP contribution in [0.1, 0.15) is 23.3 Å². The molecule has 1 fully saturated rings. The van der Waals surface area contributed by atoms with E-state index in [4.69, 9.17) is 0 Å². The molecule has 2 aromatic rings. The Morgan fingerprint density at radius 3 is 2.71 bits per heavy atom. The van der Waals surface area contributed by atoms with Crippen LogP contribution in [0.25, 0.3) is 10.9 Å². The maximum Gasteiger partial charge on any atom is 0.182 e. The Hall–Kier alpha value is -1.61. The zero-order valence-corrected chi connectivity index (χ0v) is 9.70. The highest BCUT2D eigenvalue weighted by atomic mass is 16.1. The first kappa shape index (κ1) is 10.5. The summed E-state index contributed by atoms with van der Waals surface area (Å²) < 4.78 is 0. The largest absolute Gasteiger partial charge is 0.352 e. The zero-order valence-electron chi connectivity index (χ0n) is 9.70. The first-order valence-electron chi connectivity index (χ1n) is 6.17. The Bertz CT molecular complexity index is 505. The van der Waals surface area contributed by atoms with Crippen molar-refractivity contribution in [3.63, 3.8) is 0 Å². The van der Waals surface area contributed by atoms with E-state index in [0.29, 0.717) is 0 Å². The molecule has 88 valence electrons. The summed E-state index contributed by atoms with van der Waals surface area (Å²) in [6.07, 6.45) is 1.91. The summed E-state index contributed by atoms with van der Waals surface area (Å²) in [4.78, 5) is 15.5. The first-order valence-corrected chi connectivity index (χ1v) is 6.17. The summed E-state index contributed by atoms with van der Waals surface area (Å²) >= 11 is 0. The topological polar surface area (TPSA) is 44.9 Å². The second kappa shape index (κ2) is 4.34. The number of hydrogen-bond acceptors (Lipinski definition) is 2. The minimum atomic E-state index is 0.185. The number of ketones is 1. The van der Waals surface area contributed by atoms with Crippen LogP contribution in [0.15, 0.2) is 30.3 Å². The molecule has 0 saturated carbocycles. The summed E-state index contributed by atoms with van der Waals surface area (Å²) in [5.74, 6) is 0.451. The van der Waals surface area contributed by atoms with Gasteiger partial charge in [-0.25, -0.2) is 0 Å². The molecule has 1 aromatic heterocycles. The molecule has 2 heterocycles. The Balaban J connectivity index is 1.89. The van der Waals surface area contributed by atoms with Gasteiger partial charge < -0.3 is 10.3 Å². The number of Topliss-reactive ketones (excluding diaryl/α,β-unsaturated/α-hetero) is 1. The summed E-state index contributed by atoms with van der Waals surface area (Å²) in [7, 11) is 0. The van der Waals surface area contributed by atoms with Gasteiger partial charge in [0, 0.05) is 16.8 Å². The quantitative estimate of drug-likeness (QED) is 0.775. The molecule has 0 bridgehead atoms. The van der Waals surface area contributed by atoms with E-state index in [2.05, 4.69) is 10.3 Å². The number of rotatable bonds is 2. The summed E-state index contributed by atoms with van der Waals surface area (Å²) in [5.41, 5.74) is 1.81. The van der Waals surface area contributed by atoms with Crippen molar-refractivity contribution in [3.8, 4) is 0 Å². The third kappa shape index (κ3) is 1.98. The molecule has 1 aliphatic heterocycles. The van der Waals surface area contributed by atoms with Gasteiger partial charge in [-0.3, -0.25) is 4.79 Å². The Morgan fingerprint density at radius 1 is 1.18 bits per heavy atom. The Morgan fingerprint density at radius 2 is 1.94 bits per heavy atom. The second-order valence-electron chi connectivity index (χ2n) is 4.66. The number of nitrogens with one attached hydrogen (secondary N) is 2. The van der Waals surface area contributed by atoms with Gasteiger partial charge in [0.05, 0.1) is 5.69 Å². The average Bonchev–Trinajstić information content (AvgIpc) is 2.82. The highest BCUT2D eigenvalue weighted by Crippen LogP contribution is 2.21. The van der Waals surface area contributed by atoms with E-state index in [-0.39, 0.29) is 11.7 Å². The summed E-state index contributed by atoms with van der Waals surface area (Å²) in [6, 6.07) is 9.99. The monoisotopic (exact) mass is 228 g/mol. The van der Waals surface area contributed by atoms with Crippen LogP contribution in [-0.2, 0) is 0 Å². The van der Waals surface area contributed by atoms with E-state index in [0.717, 1.165) is 42.5 Å². The number of aromatic amines is 1. The molecule has 3 heteroatoms. The van der Waals surface area contributed by atoms with Crippen molar-refractivity contribution >= 4 is 16.7 Å². The number of benzene rings is 1. The molecule has 0 aliphatic carbocycles. The van der Waals surface area contributed by atoms with Gasteiger partial charge in [0.1, 0.15) is 0 Å². The predicted molar refractivity (Wildman–Crippen MR) is 68.2 cm³/mol. The van der Waals surface area contributed by atoms with E-state index in [1.54, 1.807) is 0 Å². The van der Waals surface area contributed by atoms with Gasteiger partial charge in [0.15, 0.2) is 5.78 Å². The second-order valence-corrected chi connectivity index (χ2v) is 4.66. The number of carbonyl (C=O) groups excluding carboxylic acids is 1. The maximum atomic E-state index is 12.3. The first-order chi connectivity index (χ1) is 8.34. The molecule has 0 radical (unpaired) electrons. The molecule has 0 atom stereocenters. The van der Waals surface area contributed by atoms with Crippen LogP contribution in [0, 0.1) is 5.92 Å². The van der Waals surface area contributed by atoms with Gasteiger partial charge in [-0.2, -0.15) is 0 Å². The van der Waals surface area contributed by atoms with Crippen LogP contribution in [-0.4, -0.2) is 23.9 Å². The number of carbonyl (C=O) groups is 1. The number of aromatic nitrogens is 1. The lowest BCUT2D eigenvalue weighted by Gasteiger charge is -2.20. The molecular weight excluding hydrogens is 212 g/mol. The van der Waals surface area contributed by atoms with Crippen LogP contribution in [0.2, 0.25) is 0 Å². The lowest BCUT2D eigenvalue weighted by molar-refractivity contribution is 0.0891. The normalized spacial score (nSPS) is 17.4. The van der Waals surface area contributed by atoms with Gasteiger partial charge in [-0.05, 0) is 38.1 Å². The minimum absolute atomic E-state index is 0.185. The van der Waals surface area contributed by atoms with E-state index < -0.39 is 0 Å². The Kier molecular flexibility index (Phi) is 2.69. The van der Waals surface area contributed by atoms with Gasteiger partial charge in [-0.1, -0.05) is 18.2 Å². The molecule has 0 amide bonds. The third-order valence-electron chi connectivity index (χ3n) is 3.51. The number of fused-ring (bicyclic) bond motifs is 1. The van der Waals surface area contributed by atoms with Crippen molar-refractivity contribution in [2.24, 2.45) is 5.92 Å². The summed E-state index contributed by atoms with van der Waals surface area (Å²) in [5, 5.41) is 4.40. The zero-order chi connectivity index (χ0) is 11.7. The van der Waals surface area contributed by atoms with Gasteiger partial charge in [0.25, 0.3) is 0 Å². The highest BCUT2D eigenvalue weighted by molar-refractivity contribution is 6.00. The number of H-pyrrole nitrogens is 1. The van der Waals surface area contributed by atoms with Crippen molar-refractivity contribution in [3.05, 3.63) is 36.0 Å². The van der Waals surface area contributed by atoms with Crippen LogP contribution >= 0.6 is 0 Å². The lowest BCUT2D eigenvalue weighted by Crippen LogP contribution is -2.32. The van der Waals surface area contributed by atoms with Crippen LogP contribution in [0.4, 0.5) is 0 Å². The number of hydrogen-bond donors (Lipinski definition) is 2. The number of piperidine rings is 1.